The fraction of sp³-hybridized carbons (Fsp3) is 0.400. The molecular formula is C20H23N5O3. The summed E-state index contributed by atoms with van der Waals surface area (Å²) in [4.78, 5) is 38.4. The molecule has 0 aliphatic carbocycles. The third-order valence-corrected chi connectivity index (χ3v) is 5.10. The maximum atomic E-state index is 12.9. The first kappa shape index (κ1) is 18.2. The molecule has 0 saturated carbocycles. The molecule has 3 heterocycles. The number of para-hydroxylation sites is 1. The van der Waals surface area contributed by atoms with Gasteiger partial charge in [0.25, 0.3) is 0 Å². The Kier molecular flexibility index (Phi) is 4.62. The van der Waals surface area contributed by atoms with Crippen molar-refractivity contribution in [3.05, 3.63) is 46.4 Å². The molecule has 0 bridgehead atoms. The minimum absolute atomic E-state index is 0.0155. The number of carbonyl (C=O) groups excluding carboxylic acids is 2. The second-order valence-electron chi connectivity index (χ2n) is 7.40. The molecule has 0 radical (unpaired) electrons. The highest BCUT2D eigenvalue weighted by atomic mass is 16.2. The summed E-state index contributed by atoms with van der Waals surface area (Å²) in [6, 6.07) is 9.41. The van der Waals surface area contributed by atoms with Crippen molar-refractivity contribution in [2.75, 3.05) is 13.1 Å². The molecule has 1 aliphatic rings. The van der Waals surface area contributed by atoms with Crippen molar-refractivity contribution < 1.29 is 9.59 Å². The number of nitrogens with zero attached hydrogens (tertiary/aromatic N) is 4. The topological polar surface area (TPSA) is 88.7 Å². The van der Waals surface area contributed by atoms with E-state index in [1.165, 1.54) is 4.68 Å². The SMILES string of the molecule is Cc1cc2ccccc2n2c(=O)n(C[C@@H](C)NC(=O)CN3CCCC3=O)nc12. The first-order valence-electron chi connectivity index (χ1n) is 9.49. The van der Waals surface area contributed by atoms with Crippen molar-refractivity contribution in [1.29, 1.82) is 0 Å². The van der Waals surface area contributed by atoms with Gasteiger partial charge in [-0.15, -0.1) is 5.10 Å². The molecule has 146 valence electrons. The predicted molar refractivity (Wildman–Crippen MR) is 105 cm³/mol. The molecule has 2 aromatic heterocycles. The van der Waals surface area contributed by atoms with Gasteiger partial charge in [-0.25, -0.2) is 13.9 Å². The van der Waals surface area contributed by atoms with E-state index in [4.69, 9.17) is 0 Å². The van der Waals surface area contributed by atoms with E-state index >= 15 is 0 Å². The van der Waals surface area contributed by atoms with Crippen LogP contribution in [0.5, 0.6) is 0 Å². The van der Waals surface area contributed by atoms with E-state index in [2.05, 4.69) is 10.4 Å². The van der Waals surface area contributed by atoms with Gasteiger partial charge in [-0.05, 0) is 43.4 Å². The van der Waals surface area contributed by atoms with Gasteiger partial charge in [0.15, 0.2) is 5.65 Å². The second-order valence-corrected chi connectivity index (χ2v) is 7.40. The van der Waals surface area contributed by atoms with Crippen molar-refractivity contribution in [2.45, 2.75) is 39.3 Å². The Morgan fingerprint density at radius 3 is 2.82 bits per heavy atom. The number of benzene rings is 1. The number of fused-ring (bicyclic) bond motifs is 3. The lowest BCUT2D eigenvalue weighted by molar-refractivity contribution is -0.133. The average molecular weight is 381 g/mol. The zero-order chi connectivity index (χ0) is 19.8. The zero-order valence-corrected chi connectivity index (χ0v) is 16.0. The van der Waals surface area contributed by atoms with Gasteiger partial charge < -0.3 is 10.2 Å². The summed E-state index contributed by atoms with van der Waals surface area (Å²) in [7, 11) is 0. The Bertz CT molecular complexity index is 1130. The summed E-state index contributed by atoms with van der Waals surface area (Å²) in [6.45, 7) is 4.70. The van der Waals surface area contributed by atoms with Gasteiger partial charge in [0.05, 0.1) is 18.6 Å². The number of likely N-dealkylation sites (tertiary alicyclic amines) is 1. The molecule has 2 amide bonds. The molecule has 1 atom stereocenters. The summed E-state index contributed by atoms with van der Waals surface area (Å²) in [6.07, 6.45) is 1.30. The summed E-state index contributed by atoms with van der Waals surface area (Å²) < 4.78 is 3.00. The first-order valence-corrected chi connectivity index (χ1v) is 9.49. The van der Waals surface area contributed by atoms with Crippen LogP contribution < -0.4 is 11.0 Å². The van der Waals surface area contributed by atoms with Crippen LogP contribution in [-0.2, 0) is 16.1 Å². The number of pyridine rings is 1. The van der Waals surface area contributed by atoms with Crippen LogP contribution in [0.2, 0.25) is 0 Å². The van der Waals surface area contributed by atoms with Crippen molar-refractivity contribution in [3.63, 3.8) is 0 Å². The van der Waals surface area contributed by atoms with E-state index < -0.39 is 0 Å². The van der Waals surface area contributed by atoms with Gasteiger partial charge in [0, 0.05) is 19.0 Å². The van der Waals surface area contributed by atoms with Crippen LogP contribution in [0, 0.1) is 6.92 Å². The van der Waals surface area contributed by atoms with E-state index in [9.17, 15) is 14.4 Å². The van der Waals surface area contributed by atoms with Crippen LogP contribution >= 0.6 is 0 Å². The van der Waals surface area contributed by atoms with Crippen LogP contribution in [-0.4, -0.2) is 50.0 Å². The van der Waals surface area contributed by atoms with E-state index in [1.54, 1.807) is 9.30 Å². The number of amides is 2. The van der Waals surface area contributed by atoms with Gasteiger partial charge in [0.1, 0.15) is 0 Å². The molecule has 1 saturated heterocycles. The summed E-state index contributed by atoms with van der Waals surface area (Å²) >= 11 is 0. The highest BCUT2D eigenvalue weighted by Crippen LogP contribution is 2.18. The molecular weight excluding hydrogens is 358 g/mol. The van der Waals surface area contributed by atoms with Crippen LogP contribution in [0.4, 0.5) is 0 Å². The van der Waals surface area contributed by atoms with E-state index in [1.807, 2.05) is 44.2 Å². The Hall–Kier alpha value is -3.16. The Morgan fingerprint density at radius 2 is 2.07 bits per heavy atom. The van der Waals surface area contributed by atoms with Crippen molar-refractivity contribution >= 4 is 28.4 Å². The monoisotopic (exact) mass is 381 g/mol. The molecule has 4 rings (SSSR count). The molecule has 1 aliphatic heterocycles. The number of nitrogens with one attached hydrogen (secondary N) is 1. The molecule has 1 N–H and O–H groups in total. The molecule has 0 unspecified atom stereocenters. The highest BCUT2D eigenvalue weighted by molar-refractivity contribution is 5.86. The summed E-state index contributed by atoms with van der Waals surface area (Å²) in [5.41, 5.74) is 2.11. The number of aromatic nitrogens is 3. The lowest BCUT2D eigenvalue weighted by Crippen LogP contribution is -2.44. The Morgan fingerprint density at radius 1 is 1.29 bits per heavy atom. The van der Waals surface area contributed by atoms with Crippen LogP contribution in [0.1, 0.15) is 25.3 Å². The van der Waals surface area contributed by atoms with Crippen LogP contribution in [0.15, 0.2) is 35.1 Å². The minimum Gasteiger partial charge on any atom is -0.350 e. The van der Waals surface area contributed by atoms with Crippen molar-refractivity contribution in [3.8, 4) is 0 Å². The van der Waals surface area contributed by atoms with Crippen molar-refractivity contribution in [2.24, 2.45) is 0 Å². The molecule has 1 fully saturated rings. The van der Waals surface area contributed by atoms with E-state index in [0.29, 0.717) is 18.6 Å². The van der Waals surface area contributed by atoms with Gasteiger partial charge in [0.2, 0.25) is 11.8 Å². The molecule has 0 spiro atoms. The Labute approximate surface area is 161 Å². The summed E-state index contributed by atoms with van der Waals surface area (Å²) in [5.74, 6) is -0.206. The van der Waals surface area contributed by atoms with Gasteiger partial charge in [-0.3, -0.25) is 9.59 Å². The number of carbonyl (C=O) groups is 2. The number of aryl methyl sites for hydroxylation is 1. The lowest BCUT2D eigenvalue weighted by Gasteiger charge is -2.18. The highest BCUT2D eigenvalue weighted by Gasteiger charge is 2.23. The van der Waals surface area contributed by atoms with E-state index in [0.717, 1.165) is 22.9 Å². The second kappa shape index (κ2) is 7.10. The zero-order valence-electron chi connectivity index (χ0n) is 16.0. The Balaban J connectivity index is 1.54. The maximum Gasteiger partial charge on any atom is 0.350 e. The average Bonchev–Trinajstić information content (AvgIpc) is 3.19. The van der Waals surface area contributed by atoms with Gasteiger partial charge in [-0.2, -0.15) is 0 Å². The molecule has 28 heavy (non-hydrogen) atoms. The summed E-state index contributed by atoms with van der Waals surface area (Å²) in [5, 5.41) is 8.31. The standard InChI is InChI=1S/C20H23N5O3/c1-13-10-15-6-3-4-7-16(15)25-19(13)22-24(20(25)28)11-14(2)21-17(26)12-23-9-5-8-18(23)27/h3-4,6-7,10,14H,5,8-9,11-12H2,1-2H3,(H,21,26)/t14-/m1/s1. The fourth-order valence-corrected chi connectivity index (χ4v) is 3.78. The normalized spacial score (nSPS) is 15.5. The quantitative estimate of drug-likeness (QED) is 0.716. The number of rotatable bonds is 5. The molecule has 3 aromatic rings. The van der Waals surface area contributed by atoms with Crippen LogP contribution in [0.3, 0.4) is 0 Å². The largest absolute Gasteiger partial charge is 0.350 e. The lowest BCUT2D eigenvalue weighted by atomic mass is 10.1. The number of hydrogen-bond donors (Lipinski definition) is 1. The third kappa shape index (κ3) is 3.26. The minimum atomic E-state index is -0.292. The van der Waals surface area contributed by atoms with Crippen LogP contribution in [0.25, 0.3) is 16.6 Å². The van der Waals surface area contributed by atoms with E-state index in [-0.39, 0.29) is 36.6 Å². The van der Waals surface area contributed by atoms with Gasteiger partial charge in [-0.1, -0.05) is 18.2 Å². The maximum absolute atomic E-state index is 12.9. The third-order valence-electron chi connectivity index (χ3n) is 5.10. The molecule has 8 nitrogen and oxygen atoms in total. The number of hydrogen-bond acceptors (Lipinski definition) is 4. The smallest absolute Gasteiger partial charge is 0.350 e. The predicted octanol–water partition coefficient (Wildman–Crippen LogP) is 1.08. The molecule has 8 heteroatoms. The van der Waals surface area contributed by atoms with Gasteiger partial charge >= 0.3 is 5.69 Å². The fourth-order valence-electron chi connectivity index (χ4n) is 3.78. The molecule has 1 aromatic carbocycles. The first-order chi connectivity index (χ1) is 13.4. The van der Waals surface area contributed by atoms with Crippen molar-refractivity contribution in [1.82, 2.24) is 24.4 Å².